The molecule has 0 N–H and O–H groups in total. The first kappa shape index (κ1) is 21.8. The summed E-state index contributed by atoms with van der Waals surface area (Å²) in [5.41, 5.74) is 1.06. The third-order valence-electron chi connectivity index (χ3n) is 5.13. The van der Waals surface area contributed by atoms with Crippen LogP contribution < -0.4 is 0 Å². The molecule has 1 atom stereocenters. The number of amides is 2. The maximum atomic E-state index is 13.4. The van der Waals surface area contributed by atoms with E-state index in [1.807, 2.05) is 49.1 Å². The van der Waals surface area contributed by atoms with Crippen molar-refractivity contribution in [1.82, 2.24) is 9.80 Å². The highest BCUT2D eigenvalue weighted by Gasteiger charge is 2.27. The van der Waals surface area contributed by atoms with Gasteiger partial charge in [0.2, 0.25) is 5.91 Å². The van der Waals surface area contributed by atoms with Crippen molar-refractivity contribution in [3.05, 3.63) is 81.9 Å². The van der Waals surface area contributed by atoms with E-state index >= 15 is 0 Å². The van der Waals surface area contributed by atoms with Crippen LogP contribution in [-0.4, -0.2) is 34.2 Å². The van der Waals surface area contributed by atoms with Crippen LogP contribution >= 0.6 is 11.3 Å². The smallest absolute Gasteiger partial charge is 0.290 e. The second kappa shape index (κ2) is 10.3. The van der Waals surface area contributed by atoms with Crippen molar-refractivity contribution in [2.75, 3.05) is 6.54 Å². The van der Waals surface area contributed by atoms with Gasteiger partial charge >= 0.3 is 0 Å². The quantitative estimate of drug-likeness (QED) is 0.479. The van der Waals surface area contributed by atoms with Crippen molar-refractivity contribution in [3.8, 4) is 0 Å². The van der Waals surface area contributed by atoms with Crippen molar-refractivity contribution in [2.45, 2.75) is 46.3 Å². The lowest BCUT2D eigenvalue weighted by Gasteiger charge is -2.30. The highest BCUT2D eigenvalue weighted by Crippen LogP contribution is 2.20. The van der Waals surface area contributed by atoms with Gasteiger partial charge in [-0.1, -0.05) is 37.3 Å². The first-order valence-corrected chi connectivity index (χ1v) is 11.0. The molecule has 6 heteroatoms. The third-order valence-corrected chi connectivity index (χ3v) is 6.12. The van der Waals surface area contributed by atoms with Gasteiger partial charge in [0.1, 0.15) is 6.54 Å². The summed E-state index contributed by atoms with van der Waals surface area (Å²) in [6.45, 7) is 7.07. The van der Waals surface area contributed by atoms with Gasteiger partial charge in [-0.15, -0.1) is 11.3 Å². The average Bonchev–Trinajstić information content (AvgIpc) is 3.43. The van der Waals surface area contributed by atoms with Crippen LogP contribution in [0.1, 0.15) is 46.1 Å². The van der Waals surface area contributed by atoms with E-state index in [2.05, 4.69) is 19.1 Å². The van der Waals surface area contributed by atoms with E-state index in [9.17, 15) is 9.59 Å². The number of hydrogen-bond donors (Lipinski definition) is 0. The summed E-state index contributed by atoms with van der Waals surface area (Å²) in [7, 11) is 0. The third kappa shape index (κ3) is 5.60. The fourth-order valence-electron chi connectivity index (χ4n) is 3.23. The molecule has 1 aromatic carbocycles. The van der Waals surface area contributed by atoms with Gasteiger partial charge in [-0.25, -0.2) is 0 Å². The summed E-state index contributed by atoms with van der Waals surface area (Å²) in [5.74, 6) is -0.0777. The summed E-state index contributed by atoms with van der Waals surface area (Å²) in [4.78, 5) is 32.1. The van der Waals surface area contributed by atoms with Gasteiger partial charge < -0.3 is 14.2 Å². The first-order valence-electron chi connectivity index (χ1n) is 10.2. The molecule has 3 rings (SSSR count). The Morgan fingerprint density at radius 1 is 1.03 bits per heavy atom. The largest absolute Gasteiger partial charge is 0.459 e. The number of furan rings is 1. The van der Waals surface area contributed by atoms with Crippen LogP contribution in [0, 0.1) is 6.92 Å². The second-order valence-electron chi connectivity index (χ2n) is 7.42. The molecule has 3 aromatic rings. The molecular formula is C24H28N2O3S. The molecule has 0 saturated heterocycles. The molecule has 0 saturated carbocycles. The number of carbonyl (C=O) groups excluding carboxylic acids is 2. The number of aryl methyl sites for hydroxylation is 1. The topological polar surface area (TPSA) is 53.8 Å². The molecule has 0 aliphatic rings. The molecule has 0 aliphatic heterocycles. The number of hydrogen-bond acceptors (Lipinski definition) is 4. The van der Waals surface area contributed by atoms with Gasteiger partial charge in [-0.05, 0) is 50.1 Å². The van der Waals surface area contributed by atoms with Crippen LogP contribution in [0.4, 0.5) is 0 Å². The maximum absolute atomic E-state index is 13.4. The monoisotopic (exact) mass is 424 g/mol. The van der Waals surface area contributed by atoms with Crippen molar-refractivity contribution in [3.63, 3.8) is 0 Å². The molecule has 0 spiro atoms. The summed E-state index contributed by atoms with van der Waals surface area (Å²) in [6.07, 6.45) is 2.23. The van der Waals surface area contributed by atoms with Gasteiger partial charge in [0.25, 0.3) is 5.91 Å². The van der Waals surface area contributed by atoms with E-state index < -0.39 is 0 Å². The summed E-state index contributed by atoms with van der Waals surface area (Å²) in [5, 5.41) is 0. The van der Waals surface area contributed by atoms with Crippen LogP contribution in [0.15, 0.2) is 65.3 Å². The summed E-state index contributed by atoms with van der Waals surface area (Å²) < 4.78 is 5.29. The minimum atomic E-state index is -0.255. The van der Waals surface area contributed by atoms with Crippen molar-refractivity contribution in [1.29, 1.82) is 0 Å². The number of carbonyl (C=O) groups is 2. The van der Waals surface area contributed by atoms with Crippen LogP contribution in [0.25, 0.3) is 0 Å². The van der Waals surface area contributed by atoms with Gasteiger partial charge in [-0.2, -0.15) is 0 Å². The highest BCUT2D eigenvalue weighted by atomic mass is 32.1. The standard InChI is InChI=1S/C24H28N2O3S/c1-4-18(2)26(24(28)22-11-8-14-29-22)17-23(27)25(15-20-9-6-5-7-10-20)16-21-13-12-19(3)30-21/h5-14,18H,4,15-17H2,1-3H3. The minimum absolute atomic E-state index is 0.0196. The van der Waals surface area contributed by atoms with Crippen LogP contribution in [-0.2, 0) is 17.9 Å². The van der Waals surface area contributed by atoms with Crippen molar-refractivity contribution in [2.24, 2.45) is 0 Å². The highest BCUT2D eigenvalue weighted by molar-refractivity contribution is 7.11. The number of thiophene rings is 1. The van der Waals surface area contributed by atoms with Crippen LogP contribution in [0.3, 0.4) is 0 Å². The van der Waals surface area contributed by atoms with E-state index in [-0.39, 0.29) is 30.2 Å². The molecule has 0 fully saturated rings. The average molecular weight is 425 g/mol. The minimum Gasteiger partial charge on any atom is -0.459 e. The lowest BCUT2D eigenvalue weighted by molar-refractivity contribution is -0.133. The van der Waals surface area contributed by atoms with E-state index in [0.29, 0.717) is 13.1 Å². The van der Waals surface area contributed by atoms with E-state index in [4.69, 9.17) is 4.42 Å². The summed E-state index contributed by atoms with van der Waals surface area (Å²) >= 11 is 1.69. The Hall–Kier alpha value is -2.86. The van der Waals surface area contributed by atoms with E-state index in [1.54, 1.807) is 28.4 Å². The Labute approximate surface area is 181 Å². The van der Waals surface area contributed by atoms with Gasteiger partial charge in [0.15, 0.2) is 5.76 Å². The van der Waals surface area contributed by atoms with Crippen molar-refractivity contribution < 1.29 is 14.0 Å². The summed E-state index contributed by atoms with van der Waals surface area (Å²) in [6, 6.07) is 17.3. The molecule has 2 heterocycles. The molecule has 2 amide bonds. The number of rotatable bonds is 9. The van der Waals surface area contributed by atoms with Crippen LogP contribution in [0.5, 0.6) is 0 Å². The zero-order valence-corrected chi connectivity index (χ0v) is 18.5. The fraction of sp³-hybridized carbons (Fsp3) is 0.333. The van der Waals surface area contributed by atoms with E-state index in [1.165, 1.54) is 11.1 Å². The molecule has 30 heavy (non-hydrogen) atoms. The predicted molar refractivity (Wildman–Crippen MR) is 119 cm³/mol. The molecule has 2 aromatic heterocycles. The lowest BCUT2D eigenvalue weighted by atomic mass is 10.2. The lowest BCUT2D eigenvalue weighted by Crippen LogP contribution is -2.46. The Kier molecular flexibility index (Phi) is 7.46. The zero-order chi connectivity index (χ0) is 21.5. The van der Waals surface area contributed by atoms with Crippen molar-refractivity contribution >= 4 is 23.2 Å². The zero-order valence-electron chi connectivity index (χ0n) is 17.7. The molecule has 158 valence electrons. The molecule has 0 radical (unpaired) electrons. The maximum Gasteiger partial charge on any atom is 0.290 e. The fourth-order valence-corrected chi connectivity index (χ4v) is 4.14. The van der Waals surface area contributed by atoms with E-state index in [0.717, 1.165) is 16.9 Å². The van der Waals surface area contributed by atoms with Gasteiger partial charge in [0.05, 0.1) is 12.8 Å². The Bertz CT molecular complexity index is 950. The van der Waals surface area contributed by atoms with Gasteiger partial charge in [-0.3, -0.25) is 9.59 Å². The van der Waals surface area contributed by atoms with Crippen LogP contribution in [0.2, 0.25) is 0 Å². The number of benzene rings is 1. The Morgan fingerprint density at radius 2 is 1.80 bits per heavy atom. The molecule has 1 unspecified atom stereocenters. The molecule has 5 nitrogen and oxygen atoms in total. The Balaban J connectivity index is 1.81. The van der Waals surface area contributed by atoms with Gasteiger partial charge in [0, 0.05) is 22.3 Å². The molecule has 0 aliphatic carbocycles. The SMILES string of the molecule is CCC(C)N(CC(=O)N(Cc1ccccc1)Cc1ccc(C)s1)C(=O)c1ccco1. The normalized spacial score (nSPS) is 11.8. The first-order chi connectivity index (χ1) is 14.5. The molecular weight excluding hydrogens is 396 g/mol. The molecule has 0 bridgehead atoms. The predicted octanol–water partition coefficient (Wildman–Crippen LogP) is 5.12. The number of nitrogens with zero attached hydrogens (tertiary/aromatic N) is 2. The second-order valence-corrected chi connectivity index (χ2v) is 8.79. The Morgan fingerprint density at radius 3 is 2.40 bits per heavy atom.